The van der Waals surface area contributed by atoms with Crippen LogP contribution in [0.2, 0.25) is 0 Å². The summed E-state index contributed by atoms with van der Waals surface area (Å²) in [5.74, 6) is 0.931. The molecule has 2 heterocycles. The average Bonchev–Trinajstić information content (AvgIpc) is 2.94. The Morgan fingerprint density at radius 2 is 2.22 bits per heavy atom. The van der Waals surface area contributed by atoms with Crippen LogP contribution in [0.1, 0.15) is 48.7 Å². The van der Waals surface area contributed by atoms with Gasteiger partial charge in [-0.05, 0) is 18.8 Å². The SMILES string of the molecule is CNc1cc(C(C)C)nc2c(C(=O)NC3CCC3OC)cnn12. The third-order valence-electron chi connectivity index (χ3n) is 4.41. The van der Waals surface area contributed by atoms with Crippen LogP contribution in [-0.2, 0) is 4.74 Å². The Labute approximate surface area is 135 Å². The number of carbonyl (C=O) groups excluding carboxylic acids is 1. The van der Waals surface area contributed by atoms with Crippen LogP contribution in [0, 0.1) is 0 Å². The first kappa shape index (κ1) is 15.7. The van der Waals surface area contributed by atoms with Crippen molar-refractivity contribution in [3.05, 3.63) is 23.5 Å². The first-order valence-corrected chi connectivity index (χ1v) is 7.95. The van der Waals surface area contributed by atoms with E-state index in [0.29, 0.717) is 11.2 Å². The van der Waals surface area contributed by atoms with Crippen LogP contribution in [0.4, 0.5) is 5.82 Å². The van der Waals surface area contributed by atoms with E-state index in [1.165, 1.54) is 0 Å². The largest absolute Gasteiger partial charge is 0.379 e. The molecule has 1 aliphatic rings. The number of hydrogen-bond acceptors (Lipinski definition) is 5. The number of nitrogens with zero attached hydrogens (tertiary/aromatic N) is 3. The zero-order chi connectivity index (χ0) is 16.6. The Morgan fingerprint density at radius 1 is 1.43 bits per heavy atom. The Hall–Kier alpha value is -2.15. The summed E-state index contributed by atoms with van der Waals surface area (Å²) in [6, 6.07) is 2.03. The molecular weight excluding hydrogens is 294 g/mol. The van der Waals surface area contributed by atoms with Gasteiger partial charge in [-0.15, -0.1) is 0 Å². The maximum Gasteiger partial charge on any atom is 0.257 e. The van der Waals surface area contributed by atoms with Crippen molar-refractivity contribution in [2.24, 2.45) is 0 Å². The summed E-state index contributed by atoms with van der Waals surface area (Å²) in [4.78, 5) is 17.2. The average molecular weight is 317 g/mol. The molecule has 124 valence electrons. The Morgan fingerprint density at radius 3 is 2.78 bits per heavy atom. The highest BCUT2D eigenvalue weighted by atomic mass is 16.5. The summed E-state index contributed by atoms with van der Waals surface area (Å²) >= 11 is 0. The van der Waals surface area contributed by atoms with E-state index >= 15 is 0 Å². The van der Waals surface area contributed by atoms with Crippen LogP contribution in [-0.4, -0.2) is 46.8 Å². The normalized spacial score (nSPS) is 20.6. The highest BCUT2D eigenvalue weighted by Crippen LogP contribution is 2.24. The standard InChI is InChI=1S/C16H23N5O2/c1-9(2)12-7-14(17-3)21-15(19-12)10(8-18-21)16(22)20-11-5-6-13(11)23-4/h7-9,11,13,17H,5-6H2,1-4H3,(H,20,22). The number of rotatable bonds is 5. The van der Waals surface area contributed by atoms with Crippen molar-refractivity contribution in [1.82, 2.24) is 19.9 Å². The number of aromatic nitrogens is 3. The molecule has 1 saturated carbocycles. The summed E-state index contributed by atoms with van der Waals surface area (Å²) in [5.41, 5.74) is 1.99. The minimum Gasteiger partial charge on any atom is -0.379 e. The zero-order valence-electron chi connectivity index (χ0n) is 14.0. The molecule has 1 amide bonds. The van der Waals surface area contributed by atoms with Crippen molar-refractivity contribution in [3.63, 3.8) is 0 Å². The minimum atomic E-state index is -0.151. The second-order valence-corrected chi connectivity index (χ2v) is 6.20. The van der Waals surface area contributed by atoms with Gasteiger partial charge in [0.2, 0.25) is 0 Å². The van der Waals surface area contributed by atoms with Gasteiger partial charge in [0.1, 0.15) is 11.4 Å². The van der Waals surface area contributed by atoms with Gasteiger partial charge in [-0.3, -0.25) is 4.79 Å². The van der Waals surface area contributed by atoms with Crippen LogP contribution in [0.15, 0.2) is 12.3 Å². The smallest absolute Gasteiger partial charge is 0.257 e. The van der Waals surface area contributed by atoms with Gasteiger partial charge >= 0.3 is 0 Å². The maximum atomic E-state index is 12.6. The first-order chi connectivity index (χ1) is 11.0. The molecule has 0 radical (unpaired) electrons. The lowest BCUT2D eigenvalue weighted by Crippen LogP contribution is -2.51. The van der Waals surface area contributed by atoms with E-state index in [9.17, 15) is 4.79 Å². The van der Waals surface area contributed by atoms with Gasteiger partial charge in [0.25, 0.3) is 5.91 Å². The molecular formula is C16H23N5O2. The number of ether oxygens (including phenoxy) is 1. The molecule has 2 unspecified atom stereocenters. The molecule has 7 nitrogen and oxygen atoms in total. The van der Waals surface area contributed by atoms with E-state index in [2.05, 4.69) is 34.6 Å². The molecule has 3 rings (SSSR count). The molecule has 0 bridgehead atoms. The number of hydrogen-bond donors (Lipinski definition) is 2. The highest BCUT2D eigenvalue weighted by molar-refractivity contribution is 6.00. The fourth-order valence-electron chi connectivity index (χ4n) is 2.78. The lowest BCUT2D eigenvalue weighted by atomic mass is 9.89. The lowest BCUT2D eigenvalue weighted by Gasteiger charge is -2.35. The molecule has 1 aliphatic carbocycles. The Kier molecular flexibility index (Phi) is 4.21. The van der Waals surface area contributed by atoms with Crippen LogP contribution in [0.3, 0.4) is 0 Å². The van der Waals surface area contributed by atoms with Gasteiger partial charge in [-0.2, -0.15) is 9.61 Å². The van der Waals surface area contributed by atoms with Gasteiger partial charge < -0.3 is 15.4 Å². The molecule has 0 spiro atoms. The fraction of sp³-hybridized carbons (Fsp3) is 0.562. The lowest BCUT2D eigenvalue weighted by molar-refractivity contribution is 0.00732. The molecule has 2 atom stereocenters. The van der Waals surface area contributed by atoms with Crippen molar-refractivity contribution >= 4 is 17.4 Å². The van der Waals surface area contributed by atoms with Crippen LogP contribution in [0.25, 0.3) is 5.65 Å². The van der Waals surface area contributed by atoms with Crippen molar-refractivity contribution in [3.8, 4) is 0 Å². The summed E-state index contributed by atoms with van der Waals surface area (Å²) in [5, 5.41) is 10.4. The number of fused-ring (bicyclic) bond motifs is 1. The van der Waals surface area contributed by atoms with Crippen LogP contribution in [0.5, 0.6) is 0 Å². The molecule has 2 aromatic heterocycles. The number of nitrogens with one attached hydrogen (secondary N) is 2. The van der Waals surface area contributed by atoms with Gasteiger partial charge in [-0.25, -0.2) is 4.98 Å². The van der Waals surface area contributed by atoms with Gasteiger partial charge in [-0.1, -0.05) is 13.8 Å². The number of methoxy groups -OCH3 is 1. The van der Waals surface area contributed by atoms with Gasteiger partial charge in [0.15, 0.2) is 5.65 Å². The van der Waals surface area contributed by atoms with Crippen molar-refractivity contribution in [2.75, 3.05) is 19.5 Å². The van der Waals surface area contributed by atoms with E-state index in [4.69, 9.17) is 4.74 Å². The first-order valence-electron chi connectivity index (χ1n) is 7.95. The zero-order valence-corrected chi connectivity index (χ0v) is 14.0. The molecule has 23 heavy (non-hydrogen) atoms. The van der Waals surface area contributed by atoms with Crippen molar-refractivity contribution < 1.29 is 9.53 Å². The molecule has 0 aliphatic heterocycles. The predicted molar refractivity (Wildman–Crippen MR) is 87.9 cm³/mol. The van der Waals surface area contributed by atoms with Crippen molar-refractivity contribution in [1.29, 1.82) is 0 Å². The van der Waals surface area contributed by atoms with E-state index < -0.39 is 0 Å². The van der Waals surface area contributed by atoms with Crippen LogP contribution < -0.4 is 10.6 Å². The number of anilines is 1. The number of amides is 1. The van der Waals surface area contributed by atoms with E-state index in [0.717, 1.165) is 24.4 Å². The van der Waals surface area contributed by atoms with Gasteiger partial charge in [0, 0.05) is 25.9 Å². The summed E-state index contributed by atoms with van der Waals surface area (Å²) in [6.07, 6.45) is 3.60. The third kappa shape index (κ3) is 2.76. The second-order valence-electron chi connectivity index (χ2n) is 6.20. The summed E-state index contributed by atoms with van der Waals surface area (Å²) < 4.78 is 6.99. The Balaban J connectivity index is 1.94. The maximum absolute atomic E-state index is 12.6. The van der Waals surface area contributed by atoms with E-state index in [1.807, 2.05) is 13.1 Å². The molecule has 7 heteroatoms. The van der Waals surface area contributed by atoms with Gasteiger partial charge in [0.05, 0.1) is 18.3 Å². The quantitative estimate of drug-likeness (QED) is 0.879. The molecule has 2 aromatic rings. The molecule has 2 N–H and O–H groups in total. The minimum absolute atomic E-state index is 0.0690. The molecule has 1 fully saturated rings. The third-order valence-corrected chi connectivity index (χ3v) is 4.41. The second kappa shape index (κ2) is 6.16. The van der Waals surface area contributed by atoms with Crippen molar-refractivity contribution in [2.45, 2.75) is 44.8 Å². The summed E-state index contributed by atoms with van der Waals surface area (Å²) in [6.45, 7) is 4.15. The topological polar surface area (TPSA) is 80.5 Å². The number of carbonyl (C=O) groups is 1. The fourth-order valence-corrected chi connectivity index (χ4v) is 2.78. The van der Waals surface area contributed by atoms with Crippen LogP contribution >= 0.6 is 0 Å². The highest BCUT2D eigenvalue weighted by Gasteiger charge is 2.33. The molecule has 0 aromatic carbocycles. The predicted octanol–water partition coefficient (Wildman–Crippen LogP) is 1.80. The van der Waals surface area contributed by atoms with E-state index in [1.54, 1.807) is 17.8 Å². The Bertz CT molecular complexity index is 723. The summed E-state index contributed by atoms with van der Waals surface area (Å²) in [7, 11) is 3.51. The monoisotopic (exact) mass is 317 g/mol. The van der Waals surface area contributed by atoms with E-state index in [-0.39, 0.29) is 24.0 Å². The molecule has 0 saturated heterocycles.